The highest BCUT2D eigenvalue weighted by atomic mass is 16.3. The topological polar surface area (TPSA) is 57.0 Å². The lowest BCUT2D eigenvalue weighted by molar-refractivity contribution is 0.505. The molecule has 18 heavy (non-hydrogen) atoms. The van der Waals surface area contributed by atoms with Gasteiger partial charge in [-0.2, -0.15) is 5.10 Å². The maximum Gasteiger partial charge on any atom is 0.125 e. The third kappa shape index (κ3) is 2.15. The standard InChI is InChI=1S/C14H21N3O/c1-8(2)6-12-13(16-17(5)14(12)15)11-7-9(3)18-10(11)4/h7-8H,6,15H2,1-5H3. The molecule has 0 aliphatic carbocycles. The first-order valence-electron chi connectivity index (χ1n) is 6.29. The molecule has 0 spiro atoms. The molecule has 0 fully saturated rings. The molecule has 2 aromatic rings. The van der Waals surface area contributed by atoms with Crippen molar-refractivity contribution in [3.05, 3.63) is 23.2 Å². The largest absolute Gasteiger partial charge is 0.466 e. The van der Waals surface area contributed by atoms with E-state index in [9.17, 15) is 0 Å². The van der Waals surface area contributed by atoms with Gasteiger partial charge in [-0.15, -0.1) is 0 Å². The van der Waals surface area contributed by atoms with Gasteiger partial charge in [-0.05, 0) is 32.3 Å². The van der Waals surface area contributed by atoms with Crippen LogP contribution in [0.5, 0.6) is 0 Å². The number of aromatic nitrogens is 2. The SMILES string of the molecule is Cc1cc(-c2nn(C)c(N)c2CC(C)C)c(C)o1. The number of hydrogen-bond acceptors (Lipinski definition) is 3. The molecule has 4 nitrogen and oxygen atoms in total. The molecule has 0 aliphatic rings. The molecule has 0 saturated carbocycles. The lowest BCUT2D eigenvalue weighted by Crippen LogP contribution is -2.02. The molecule has 2 heterocycles. The highest BCUT2D eigenvalue weighted by Gasteiger charge is 2.19. The zero-order valence-electron chi connectivity index (χ0n) is 11.7. The van der Waals surface area contributed by atoms with Crippen LogP contribution in [0.4, 0.5) is 5.82 Å². The van der Waals surface area contributed by atoms with E-state index in [0.717, 1.165) is 40.6 Å². The molecule has 0 aromatic carbocycles. The average Bonchev–Trinajstić information content (AvgIpc) is 2.72. The van der Waals surface area contributed by atoms with Gasteiger partial charge in [0.05, 0.1) is 0 Å². The molecule has 0 bridgehead atoms. The molecule has 98 valence electrons. The summed E-state index contributed by atoms with van der Waals surface area (Å²) in [6.45, 7) is 8.28. The minimum atomic E-state index is 0.545. The van der Waals surface area contributed by atoms with Crippen LogP contribution in [0.15, 0.2) is 10.5 Å². The van der Waals surface area contributed by atoms with Crippen LogP contribution >= 0.6 is 0 Å². The molecule has 0 saturated heterocycles. The highest BCUT2D eigenvalue weighted by molar-refractivity contribution is 5.70. The van der Waals surface area contributed by atoms with Gasteiger partial charge in [-0.25, -0.2) is 0 Å². The molecule has 0 unspecified atom stereocenters. The van der Waals surface area contributed by atoms with Crippen LogP contribution < -0.4 is 5.73 Å². The van der Waals surface area contributed by atoms with Crippen LogP contribution in [0.3, 0.4) is 0 Å². The van der Waals surface area contributed by atoms with E-state index in [0.29, 0.717) is 5.92 Å². The van der Waals surface area contributed by atoms with Gasteiger partial charge in [0, 0.05) is 18.2 Å². The predicted molar refractivity (Wildman–Crippen MR) is 73.3 cm³/mol. The van der Waals surface area contributed by atoms with Gasteiger partial charge in [0.1, 0.15) is 23.0 Å². The second-order valence-electron chi connectivity index (χ2n) is 5.26. The van der Waals surface area contributed by atoms with Crippen molar-refractivity contribution in [2.45, 2.75) is 34.1 Å². The Labute approximate surface area is 108 Å². The fourth-order valence-electron chi connectivity index (χ4n) is 2.27. The Morgan fingerprint density at radius 2 is 2.06 bits per heavy atom. The number of furan rings is 1. The van der Waals surface area contributed by atoms with Gasteiger partial charge in [0.15, 0.2) is 0 Å². The molecule has 2 N–H and O–H groups in total. The molecule has 4 heteroatoms. The van der Waals surface area contributed by atoms with Crippen molar-refractivity contribution in [1.29, 1.82) is 0 Å². The summed E-state index contributed by atoms with van der Waals surface area (Å²) in [5.74, 6) is 3.10. The summed E-state index contributed by atoms with van der Waals surface area (Å²) in [5.41, 5.74) is 9.25. The third-order valence-corrected chi connectivity index (χ3v) is 3.10. The maximum absolute atomic E-state index is 6.12. The van der Waals surface area contributed by atoms with Crippen molar-refractivity contribution in [1.82, 2.24) is 9.78 Å². The van der Waals surface area contributed by atoms with Crippen molar-refractivity contribution < 1.29 is 4.42 Å². The summed E-state index contributed by atoms with van der Waals surface area (Å²) < 4.78 is 7.33. The number of nitrogen functional groups attached to an aromatic ring is 1. The van der Waals surface area contributed by atoms with E-state index in [4.69, 9.17) is 10.2 Å². The van der Waals surface area contributed by atoms with Crippen molar-refractivity contribution in [3.63, 3.8) is 0 Å². The lowest BCUT2D eigenvalue weighted by atomic mass is 9.99. The van der Waals surface area contributed by atoms with Crippen LogP contribution in [-0.2, 0) is 13.5 Å². The van der Waals surface area contributed by atoms with Gasteiger partial charge in [-0.1, -0.05) is 13.8 Å². The summed E-state index contributed by atoms with van der Waals surface area (Å²) in [7, 11) is 1.88. The van der Waals surface area contributed by atoms with Gasteiger partial charge >= 0.3 is 0 Å². The van der Waals surface area contributed by atoms with E-state index in [1.807, 2.05) is 27.0 Å². The van der Waals surface area contributed by atoms with E-state index in [-0.39, 0.29) is 0 Å². The summed E-state index contributed by atoms with van der Waals surface area (Å²) in [6.07, 6.45) is 0.929. The van der Waals surface area contributed by atoms with Crippen LogP contribution in [0.2, 0.25) is 0 Å². The minimum absolute atomic E-state index is 0.545. The van der Waals surface area contributed by atoms with Gasteiger partial charge < -0.3 is 10.2 Å². The first-order valence-corrected chi connectivity index (χ1v) is 6.29. The van der Waals surface area contributed by atoms with Crippen molar-refractivity contribution in [3.8, 4) is 11.3 Å². The van der Waals surface area contributed by atoms with Crippen molar-refractivity contribution in [2.24, 2.45) is 13.0 Å². The van der Waals surface area contributed by atoms with Gasteiger partial charge in [0.25, 0.3) is 0 Å². The second kappa shape index (κ2) is 4.52. The normalized spacial score (nSPS) is 11.4. The van der Waals surface area contributed by atoms with Gasteiger partial charge in [0.2, 0.25) is 0 Å². The Morgan fingerprint density at radius 1 is 1.39 bits per heavy atom. The zero-order chi connectivity index (χ0) is 13.4. The fraction of sp³-hybridized carbons (Fsp3) is 0.500. The number of nitrogens with two attached hydrogens (primary N) is 1. The number of hydrogen-bond donors (Lipinski definition) is 1. The number of aryl methyl sites for hydroxylation is 3. The molecular formula is C14H21N3O. The molecular weight excluding hydrogens is 226 g/mol. The Balaban J connectivity index is 2.56. The first-order chi connectivity index (χ1) is 8.40. The summed E-state index contributed by atoms with van der Waals surface area (Å²) in [6, 6.07) is 2.03. The van der Waals surface area contributed by atoms with Crippen molar-refractivity contribution >= 4 is 5.82 Å². The van der Waals surface area contributed by atoms with E-state index in [1.54, 1.807) is 4.68 Å². The quantitative estimate of drug-likeness (QED) is 0.906. The van der Waals surface area contributed by atoms with E-state index < -0.39 is 0 Å². The highest BCUT2D eigenvalue weighted by Crippen LogP contribution is 2.32. The number of rotatable bonds is 3. The molecule has 0 atom stereocenters. The Morgan fingerprint density at radius 3 is 2.56 bits per heavy atom. The van der Waals surface area contributed by atoms with Crippen LogP contribution in [0.1, 0.15) is 30.9 Å². The average molecular weight is 247 g/mol. The van der Waals surface area contributed by atoms with E-state index in [2.05, 4.69) is 18.9 Å². The molecule has 2 rings (SSSR count). The second-order valence-corrected chi connectivity index (χ2v) is 5.26. The van der Waals surface area contributed by atoms with Crippen LogP contribution in [-0.4, -0.2) is 9.78 Å². The maximum atomic E-state index is 6.12. The summed E-state index contributed by atoms with van der Waals surface area (Å²) in [4.78, 5) is 0. The Hall–Kier alpha value is -1.71. The monoisotopic (exact) mass is 247 g/mol. The lowest BCUT2D eigenvalue weighted by Gasteiger charge is -2.06. The van der Waals surface area contributed by atoms with E-state index >= 15 is 0 Å². The molecule has 0 aliphatic heterocycles. The zero-order valence-corrected chi connectivity index (χ0v) is 11.7. The third-order valence-electron chi connectivity index (χ3n) is 3.10. The summed E-state index contributed by atoms with van der Waals surface area (Å²) in [5, 5.41) is 4.54. The smallest absolute Gasteiger partial charge is 0.125 e. The van der Waals surface area contributed by atoms with Crippen molar-refractivity contribution in [2.75, 3.05) is 5.73 Å². The Kier molecular flexibility index (Phi) is 3.20. The minimum Gasteiger partial charge on any atom is -0.466 e. The number of anilines is 1. The summed E-state index contributed by atoms with van der Waals surface area (Å²) >= 11 is 0. The molecule has 0 radical (unpaired) electrons. The molecule has 0 amide bonds. The van der Waals surface area contributed by atoms with Crippen LogP contribution in [0, 0.1) is 19.8 Å². The first kappa shape index (κ1) is 12.7. The Bertz CT molecular complexity index is 564. The molecule has 2 aromatic heterocycles. The number of nitrogens with zero attached hydrogens (tertiary/aromatic N) is 2. The van der Waals surface area contributed by atoms with E-state index in [1.165, 1.54) is 0 Å². The predicted octanol–water partition coefficient (Wildman–Crippen LogP) is 3.08. The van der Waals surface area contributed by atoms with Gasteiger partial charge in [-0.3, -0.25) is 4.68 Å². The fourth-order valence-corrected chi connectivity index (χ4v) is 2.27. The van der Waals surface area contributed by atoms with Crippen LogP contribution in [0.25, 0.3) is 11.3 Å².